The number of aromatic nitrogens is 4. The van der Waals surface area contributed by atoms with Crippen LogP contribution in [0.1, 0.15) is 0 Å². The van der Waals surface area contributed by atoms with Crippen LogP contribution in [0.3, 0.4) is 0 Å². The van der Waals surface area contributed by atoms with Crippen LogP contribution in [0.15, 0.2) is 0 Å². The van der Waals surface area contributed by atoms with Crippen molar-refractivity contribution in [1.82, 2.24) is 21.1 Å². The zero-order chi connectivity index (χ0) is 9.30. The third-order valence-corrected chi connectivity index (χ3v) is 0.916. The SMILES string of the molecule is N.O=C(O)n1c([N+](=O)[O-])nn[n+]1[O-]. The number of carboxylic acid groups (broad SMARTS) is 1. The molecule has 0 amide bonds. The predicted molar refractivity (Wildman–Crippen MR) is 34.1 cm³/mol. The highest BCUT2D eigenvalue weighted by molar-refractivity contribution is 5.67. The fraction of sp³-hybridized carbons (Fsp3) is 0. The second-order valence-electron chi connectivity index (χ2n) is 1.59. The standard InChI is InChI=1S/C2HN5O5.H3N/c8-2(9)5-1(6(10)11)3-4-7(5)12;/h(H,8,9);1H3. The number of tetrazole rings is 1. The molecule has 0 aliphatic heterocycles. The van der Waals surface area contributed by atoms with Crippen LogP contribution >= 0.6 is 0 Å². The van der Waals surface area contributed by atoms with E-state index in [0.717, 1.165) is 0 Å². The highest BCUT2D eigenvalue weighted by Gasteiger charge is 2.30. The van der Waals surface area contributed by atoms with E-state index in [9.17, 15) is 20.1 Å². The van der Waals surface area contributed by atoms with Gasteiger partial charge >= 0.3 is 12.0 Å². The number of hydrogen-bond donors (Lipinski definition) is 2. The van der Waals surface area contributed by atoms with Gasteiger partial charge < -0.3 is 26.6 Å². The summed E-state index contributed by atoms with van der Waals surface area (Å²) < 4.78 is -0.236. The minimum absolute atomic E-state index is 0. The van der Waals surface area contributed by atoms with Crippen molar-refractivity contribution in [3.63, 3.8) is 0 Å². The van der Waals surface area contributed by atoms with Gasteiger partial charge in [-0.15, -0.1) is 0 Å². The third kappa shape index (κ3) is 1.64. The van der Waals surface area contributed by atoms with Crippen LogP contribution < -0.4 is 11.1 Å². The highest BCUT2D eigenvalue weighted by Crippen LogP contribution is 1.99. The Kier molecular flexibility index (Phi) is 2.80. The molecule has 0 radical (unpaired) electrons. The third-order valence-electron chi connectivity index (χ3n) is 0.916. The summed E-state index contributed by atoms with van der Waals surface area (Å²) in [5, 5.41) is 34.0. The number of nitro groups is 1. The molecule has 11 nitrogen and oxygen atoms in total. The van der Waals surface area contributed by atoms with Gasteiger partial charge in [-0.3, -0.25) is 0 Å². The van der Waals surface area contributed by atoms with Crippen LogP contribution in [0.5, 0.6) is 0 Å². The van der Waals surface area contributed by atoms with E-state index in [1.165, 1.54) is 0 Å². The van der Waals surface area contributed by atoms with Gasteiger partial charge in [0.2, 0.25) is 0 Å². The molecule has 0 saturated heterocycles. The number of nitrogens with zero attached hydrogens (tertiary/aromatic N) is 5. The molecule has 11 heteroatoms. The Hall–Kier alpha value is -2.30. The molecular weight excluding hydrogens is 188 g/mol. The molecule has 1 heterocycles. The van der Waals surface area contributed by atoms with Gasteiger partial charge in [-0.1, -0.05) is 0 Å². The Morgan fingerprint density at radius 3 is 2.54 bits per heavy atom. The van der Waals surface area contributed by atoms with E-state index in [1.54, 1.807) is 0 Å². The summed E-state index contributed by atoms with van der Waals surface area (Å²) in [5.74, 6) is -1.14. The molecule has 1 aromatic heterocycles. The normalized spacial score (nSPS) is 8.92. The first-order chi connectivity index (χ1) is 5.54. The van der Waals surface area contributed by atoms with Crippen molar-refractivity contribution in [2.24, 2.45) is 0 Å². The van der Waals surface area contributed by atoms with Crippen molar-refractivity contribution in [2.75, 3.05) is 0 Å². The fourth-order valence-corrected chi connectivity index (χ4v) is 0.510. The van der Waals surface area contributed by atoms with E-state index in [-0.39, 0.29) is 10.8 Å². The zero-order valence-electron chi connectivity index (χ0n) is 6.02. The maximum absolute atomic E-state index is 10.4. The van der Waals surface area contributed by atoms with Crippen molar-refractivity contribution in [2.45, 2.75) is 0 Å². The molecule has 0 atom stereocenters. The maximum atomic E-state index is 10.4. The molecule has 0 bridgehead atoms. The summed E-state index contributed by atoms with van der Waals surface area (Å²) in [7, 11) is 0. The van der Waals surface area contributed by atoms with Crippen molar-refractivity contribution < 1.29 is 19.8 Å². The van der Waals surface area contributed by atoms with E-state index in [1.807, 2.05) is 0 Å². The van der Waals surface area contributed by atoms with Gasteiger partial charge in [-0.2, -0.15) is 0 Å². The lowest BCUT2D eigenvalue weighted by molar-refractivity contribution is -0.743. The first kappa shape index (κ1) is 10.7. The Morgan fingerprint density at radius 1 is 1.69 bits per heavy atom. The van der Waals surface area contributed by atoms with Gasteiger partial charge in [0.25, 0.3) is 0 Å². The first-order valence-corrected chi connectivity index (χ1v) is 2.47. The van der Waals surface area contributed by atoms with Crippen molar-refractivity contribution in [1.29, 1.82) is 0 Å². The molecule has 0 unspecified atom stereocenters. The number of hydrogen-bond acceptors (Lipinski definition) is 7. The lowest BCUT2D eigenvalue weighted by Crippen LogP contribution is -2.43. The van der Waals surface area contributed by atoms with Crippen LogP contribution in [0, 0.1) is 15.3 Å². The Bertz CT molecular complexity index is 343. The van der Waals surface area contributed by atoms with Crippen molar-refractivity contribution in [3.05, 3.63) is 15.3 Å². The van der Waals surface area contributed by atoms with Crippen LogP contribution in [0.25, 0.3) is 0 Å². The maximum Gasteiger partial charge on any atom is 0.546 e. The number of rotatable bonds is 1. The van der Waals surface area contributed by atoms with Gasteiger partial charge in [-0.25, -0.2) is 4.79 Å². The zero-order valence-corrected chi connectivity index (χ0v) is 6.02. The van der Waals surface area contributed by atoms with E-state index < -0.39 is 21.9 Å². The van der Waals surface area contributed by atoms with Crippen LogP contribution in [0.2, 0.25) is 0 Å². The summed E-state index contributed by atoms with van der Waals surface area (Å²) in [6.45, 7) is 0. The van der Waals surface area contributed by atoms with Gasteiger partial charge in [-0.05, 0) is 4.92 Å². The monoisotopic (exact) mass is 192 g/mol. The molecule has 0 saturated carbocycles. The van der Waals surface area contributed by atoms with Gasteiger partial charge in [0.1, 0.15) is 0 Å². The van der Waals surface area contributed by atoms with Crippen molar-refractivity contribution in [3.8, 4) is 0 Å². The molecule has 0 aliphatic rings. The van der Waals surface area contributed by atoms with Crippen molar-refractivity contribution >= 4 is 12.0 Å². The lowest BCUT2D eigenvalue weighted by Gasteiger charge is -1.92. The highest BCUT2D eigenvalue weighted by atomic mass is 16.6. The lowest BCUT2D eigenvalue weighted by atomic mass is 11.0. The average Bonchev–Trinajstić information content (AvgIpc) is 2.30. The molecule has 0 fully saturated rings. The molecule has 1 rings (SSSR count). The van der Waals surface area contributed by atoms with E-state index in [4.69, 9.17) is 5.11 Å². The molecule has 72 valence electrons. The van der Waals surface area contributed by atoms with Gasteiger partial charge in [0.05, 0.1) is 4.68 Å². The van der Waals surface area contributed by atoms with Crippen LogP contribution in [-0.2, 0) is 0 Å². The summed E-state index contributed by atoms with van der Waals surface area (Å²) in [6.07, 6.45) is -1.82. The second-order valence-corrected chi connectivity index (χ2v) is 1.59. The fourth-order valence-electron chi connectivity index (χ4n) is 0.510. The van der Waals surface area contributed by atoms with Gasteiger partial charge in [0.15, 0.2) is 10.3 Å². The largest absolute Gasteiger partial charge is 0.660 e. The second kappa shape index (κ2) is 3.40. The average molecular weight is 192 g/mol. The Morgan fingerprint density at radius 2 is 2.23 bits per heavy atom. The molecule has 0 aromatic carbocycles. The first-order valence-electron chi connectivity index (χ1n) is 2.47. The minimum atomic E-state index is -1.82. The smallest absolute Gasteiger partial charge is 0.546 e. The molecule has 1 aromatic rings. The topological polar surface area (TPSA) is 173 Å². The van der Waals surface area contributed by atoms with Crippen LogP contribution in [0.4, 0.5) is 10.7 Å². The van der Waals surface area contributed by atoms with Crippen LogP contribution in [-0.4, -0.2) is 31.1 Å². The Balaban J connectivity index is 0.00000144. The molecule has 0 spiro atoms. The van der Waals surface area contributed by atoms with E-state index >= 15 is 0 Å². The molecule has 4 N–H and O–H groups in total. The minimum Gasteiger partial charge on any atom is -0.660 e. The quantitative estimate of drug-likeness (QED) is 0.178. The Labute approximate surface area is 69.5 Å². The summed E-state index contributed by atoms with van der Waals surface area (Å²) in [4.78, 5) is 18.5. The summed E-state index contributed by atoms with van der Waals surface area (Å²) in [6, 6.07) is 0. The molecule has 13 heavy (non-hydrogen) atoms. The van der Waals surface area contributed by atoms with Gasteiger partial charge in [0, 0.05) is 4.96 Å². The summed E-state index contributed by atoms with van der Waals surface area (Å²) >= 11 is 0. The summed E-state index contributed by atoms with van der Waals surface area (Å²) in [5.41, 5.74) is 0. The van der Waals surface area contributed by atoms with E-state index in [2.05, 4.69) is 10.3 Å². The molecular formula is C2H4N6O5. The predicted octanol–water partition coefficient (Wildman–Crippen LogP) is -1.49. The molecule has 0 aliphatic carbocycles. The number of carbonyl (C=O) groups is 1. The van der Waals surface area contributed by atoms with E-state index in [0.29, 0.717) is 0 Å².